The fraction of sp³-hybridized carbons (Fsp3) is 0.750. The van der Waals surface area contributed by atoms with Gasteiger partial charge in [0.25, 0.3) is 0 Å². The molecule has 3 unspecified atom stereocenters. The summed E-state index contributed by atoms with van der Waals surface area (Å²) in [6.45, 7) is 15.8. The molecule has 1 N–H and O–H groups in total. The highest BCUT2D eigenvalue weighted by Crippen LogP contribution is 2.59. The molecule has 3 fully saturated rings. The van der Waals surface area contributed by atoms with Crippen molar-refractivity contribution in [1.29, 1.82) is 0 Å². The zero-order chi connectivity index (χ0) is 26.6. The van der Waals surface area contributed by atoms with Crippen molar-refractivity contribution in [2.45, 2.75) is 96.1 Å². The molecule has 0 aromatic heterocycles. The first kappa shape index (κ1) is 28.4. The van der Waals surface area contributed by atoms with Crippen molar-refractivity contribution in [3.05, 3.63) is 25.3 Å². The van der Waals surface area contributed by atoms with Crippen LogP contribution >= 0.6 is 0 Å². The SMILES string of the molecule is C=CCCOC(=O)[C@@H]1[C@H]2C(=O)N([C@@H](CO)[C@@H](C)CC)C(C(=O)N(CC=C)C(C)CCC)C23CC[C@H]1O3. The highest BCUT2D eigenvalue weighted by Gasteiger charge is 2.75. The van der Waals surface area contributed by atoms with Crippen molar-refractivity contribution >= 4 is 17.8 Å². The summed E-state index contributed by atoms with van der Waals surface area (Å²) < 4.78 is 12.0. The Labute approximate surface area is 215 Å². The lowest BCUT2D eigenvalue weighted by atomic mass is 9.70. The van der Waals surface area contributed by atoms with Crippen LogP contribution < -0.4 is 0 Å². The third-order valence-electron chi connectivity index (χ3n) is 8.50. The molecule has 3 rings (SSSR count). The maximum absolute atomic E-state index is 14.3. The smallest absolute Gasteiger partial charge is 0.312 e. The monoisotopic (exact) mass is 504 g/mol. The Morgan fingerprint density at radius 1 is 1.31 bits per heavy atom. The van der Waals surface area contributed by atoms with Gasteiger partial charge in [-0.2, -0.15) is 0 Å². The zero-order valence-corrected chi connectivity index (χ0v) is 22.4. The van der Waals surface area contributed by atoms with E-state index in [2.05, 4.69) is 20.1 Å². The number of rotatable bonds is 14. The number of carbonyl (C=O) groups excluding carboxylic acids is 3. The molecule has 0 saturated carbocycles. The minimum Gasteiger partial charge on any atom is -0.465 e. The van der Waals surface area contributed by atoms with E-state index in [1.807, 2.05) is 20.8 Å². The number of amides is 2. The fourth-order valence-electron chi connectivity index (χ4n) is 6.51. The van der Waals surface area contributed by atoms with Gasteiger partial charge in [0.05, 0.1) is 37.2 Å². The van der Waals surface area contributed by atoms with E-state index in [1.54, 1.807) is 22.0 Å². The predicted molar refractivity (Wildman–Crippen MR) is 137 cm³/mol. The molecule has 8 heteroatoms. The van der Waals surface area contributed by atoms with E-state index in [1.165, 1.54) is 0 Å². The van der Waals surface area contributed by atoms with Gasteiger partial charge in [0.2, 0.25) is 11.8 Å². The molecule has 8 atom stereocenters. The Hall–Kier alpha value is -2.19. The third kappa shape index (κ3) is 4.74. The Bertz CT molecular complexity index is 846. The standard InChI is InChI=1S/C28H44N2O6/c1-7-11-16-35-27(34)22-21-13-14-28(36-21)23(22)25(32)30(20(17-31)18(5)10-4)24(28)26(33)29(15-9-3)19(6)12-8-2/h7,9,18-24,31H,1,3,8,10-17H2,2,4-6H3/t18-,19?,20-,21+,22-,23-,24?,28?/m0/s1. The van der Waals surface area contributed by atoms with Gasteiger partial charge in [0.1, 0.15) is 11.6 Å². The molecule has 0 radical (unpaired) electrons. The van der Waals surface area contributed by atoms with Crippen molar-refractivity contribution in [2.75, 3.05) is 19.8 Å². The van der Waals surface area contributed by atoms with Crippen LogP contribution in [0.3, 0.4) is 0 Å². The van der Waals surface area contributed by atoms with Crippen LogP contribution in [0.4, 0.5) is 0 Å². The van der Waals surface area contributed by atoms with E-state index in [0.717, 1.165) is 19.3 Å². The minimum absolute atomic E-state index is 0.0411. The van der Waals surface area contributed by atoms with E-state index in [-0.39, 0.29) is 37.0 Å². The van der Waals surface area contributed by atoms with Gasteiger partial charge in [-0.15, -0.1) is 13.2 Å². The molecule has 3 aliphatic rings. The van der Waals surface area contributed by atoms with Crippen LogP contribution in [0.5, 0.6) is 0 Å². The van der Waals surface area contributed by atoms with Crippen LogP contribution in [0.2, 0.25) is 0 Å². The normalized spacial score (nSPS) is 31.0. The number of esters is 1. The molecule has 8 nitrogen and oxygen atoms in total. The van der Waals surface area contributed by atoms with Crippen molar-refractivity contribution in [2.24, 2.45) is 17.8 Å². The second-order valence-corrected chi connectivity index (χ2v) is 10.6. The van der Waals surface area contributed by atoms with Gasteiger partial charge in [-0.1, -0.05) is 45.8 Å². The molecule has 0 aromatic carbocycles. The maximum atomic E-state index is 14.3. The quantitative estimate of drug-likeness (QED) is 0.222. The Morgan fingerprint density at radius 3 is 2.61 bits per heavy atom. The average molecular weight is 505 g/mol. The largest absolute Gasteiger partial charge is 0.465 e. The molecule has 3 saturated heterocycles. The van der Waals surface area contributed by atoms with Crippen LogP contribution in [-0.4, -0.2) is 82.3 Å². The summed E-state index contributed by atoms with van der Waals surface area (Å²) in [6, 6.07) is -1.51. The van der Waals surface area contributed by atoms with E-state index in [9.17, 15) is 19.5 Å². The number of likely N-dealkylation sites (tertiary alicyclic amines) is 1. The molecule has 3 aliphatic heterocycles. The average Bonchev–Trinajstić information content (AvgIpc) is 3.50. The number of ether oxygens (including phenoxy) is 2. The van der Waals surface area contributed by atoms with Gasteiger partial charge < -0.3 is 24.4 Å². The van der Waals surface area contributed by atoms with Crippen LogP contribution in [-0.2, 0) is 23.9 Å². The molecule has 202 valence electrons. The third-order valence-corrected chi connectivity index (χ3v) is 8.50. The van der Waals surface area contributed by atoms with Crippen molar-refractivity contribution in [1.82, 2.24) is 9.80 Å². The van der Waals surface area contributed by atoms with Crippen molar-refractivity contribution < 1.29 is 29.0 Å². The lowest BCUT2D eigenvalue weighted by Crippen LogP contribution is -2.60. The Balaban J connectivity index is 2.07. The van der Waals surface area contributed by atoms with Gasteiger partial charge in [-0.3, -0.25) is 14.4 Å². The van der Waals surface area contributed by atoms with Gasteiger partial charge in [0.15, 0.2) is 0 Å². The number of aliphatic hydroxyl groups excluding tert-OH is 1. The first-order valence-corrected chi connectivity index (χ1v) is 13.5. The van der Waals surface area contributed by atoms with E-state index in [4.69, 9.17) is 9.47 Å². The van der Waals surface area contributed by atoms with Gasteiger partial charge in [-0.25, -0.2) is 0 Å². The second kappa shape index (κ2) is 11.9. The number of hydrogen-bond donors (Lipinski definition) is 1. The summed E-state index contributed by atoms with van der Waals surface area (Å²) in [5, 5.41) is 10.4. The molecule has 2 amide bonds. The summed E-state index contributed by atoms with van der Waals surface area (Å²) in [5.41, 5.74) is -1.10. The topological polar surface area (TPSA) is 96.4 Å². The molecule has 36 heavy (non-hydrogen) atoms. The summed E-state index contributed by atoms with van der Waals surface area (Å²) in [5.74, 6) is -2.54. The highest BCUT2D eigenvalue weighted by molar-refractivity contribution is 5.98. The van der Waals surface area contributed by atoms with Crippen molar-refractivity contribution in [3.63, 3.8) is 0 Å². The molecule has 3 heterocycles. The molecule has 0 aromatic rings. The zero-order valence-electron chi connectivity index (χ0n) is 22.4. The summed E-state index contributed by atoms with van der Waals surface area (Å²) in [6.07, 6.45) is 6.99. The number of nitrogens with zero attached hydrogens (tertiary/aromatic N) is 2. The summed E-state index contributed by atoms with van der Waals surface area (Å²) in [7, 11) is 0. The summed E-state index contributed by atoms with van der Waals surface area (Å²) >= 11 is 0. The number of aliphatic hydroxyl groups is 1. The number of fused-ring (bicyclic) bond motifs is 1. The molecular weight excluding hydrogens is 460 g/mol. The first-order chi connectivity index (χ1) is 17.2. The molecule has 2 bridgehead atoms. The minimum atomic E-state index is -1.10. The van der Waals surface area contributed by atoms with Crippen molar-refractivity contribution in [3.8, 4) is 0 Å². The first-order valence-electron chi connectivity index (χ1n) is 13.5. The van der Waals surface area contributed by atoms with Crippen LogP contribution in [0.15, 0.2) is 25.3 Å². The van der Waals surface area contributed by atoms with E-state index >= 15 is 0 Å². The number of carbonyl (C=O) groups is 3. The van der Waals surface area contributed by atoms with Gasteiger partial charge in [-0.05, 0) is 38.5 Å². The second-order valence-electron chi connectivity index (χ2n) is 10.6. The maximum Gasteiger partial charge on any atom is 0.312 e. The fourth-order valence-corrected chi connectivity index (χ4v) is 6.51. The van der Waals surface area contributed by atoms with Crippen LogP contribution in [0, 0.1) is 17.8 Å². The van der Waals surface area contributed by atoms with Gasteiger partial charge >= 0.3 is 5.97 Å². The van der Waals surface area contributed by atoms with Crippen LogP contribution in [0.25, 0.3) is 0 Å². The Kier molecular flexibility index (Phi) is 9.39. The van der Waals surface area contributed by atoms with Crippen LogP contribution in [0.1, 0.15) is 66.2 Å². The number of hydrogen-bond acceptors (Lipinski definition) is 6. The lowest BCUT2D eigenvalue weighted by molar-refractivity contribution is -0.157. The molecular formula is C28H44N2O6. The van der Waals surface area contributed by atoms with E-state index < -0.39 is 41.6 Å². The Morgan fingerprint density at radius 2 is 2.03 bits per heavy atom. The predicted octanol–water partition coefficient (Wildman–Crippen LogP) is 3.09. The summed E-state index contributed by atoms with van der Waals surface area (Å²) in [4.78, 5) is 45.0. The molecule has 1 spiro atoms. The molecule has 0 aliphatic carbocycles. The lowest BCUT2D eigenvalue weighted by Gasteiger charge is -2.42. The highest BCUT2D eigenvalue weighted by atomic mass is 16.6. The van der Waals surface area contributed by atoms with Gasteiger partial charge in [0, 0.05) is 12.6 Å². The van der Waals surface area contributed by atoms with E-state index in [0.29, 0.717) is 25.8 Å².